The second-order valence-corrected chi connectivity index (χ2v) is 5.31. The van der Waals surface area contributed by atoms with Gasteiger partial charge in [-0.05, 0) is 18.8 Å². The zero-order chi connectivity index (χ0) is 10.6. The Morgan fingerprint density at radius 2 is 2.21 bits per heavy atom. The molecule has 80 valence electrons. The first-order chi connectivity index (χ1) is 6.63. The van der Waals surface area contributed by atoms with Crippen molar-refractivity contribution in [2.24, 2.45) is 11.8 Å². The van der Waals surface area contributed by atoms with E-state index in [-0.39, 0.29) is 0 Å². The molecule has 1 heterocycles. The highest BCUT2D eigenvalue weighted by atomic mass is 79.9. The van der Waals surface area contributed by atoms with Crippen molar-refractivity contribution in [1.82, 2.24) is 15.2 Å². The van der Waals surface area contributed by atoms with E-state index in [9.17, 15) is 0 Å². The molecule has 1 N–H and O–H groups in total. The first-order valence-corrected chi connectivity index (χ1v) is 6.82. The van der Waals surface area contributed by atoms with E-state index < -0.39 is 0 Å². The van der Waals surface area contributed by atoms with Gasteiger partial charge in [-0.15, -0.1) is 5.10 Å². The van der Waals surface area contributed by atoms with E-state index in [1.165, 1.54) is 0 Å². The summed E-state index contributed by atoms with van der Waals surface area (Å²) in [6.07, 6.45) is 0. The second kappa shape index (κ2) is 5.75. The van der Waals surface area contributed by atoms with Crippen LogP contribution in [0.1, 0.15) is 19.7 Å². The Hall–Kier alpha value is -0.0300. The molecule has 1 rings (SSSR count). The van der Waals surface area contributed by atoms with Crippen LogP contribution in [0.4, 0.5) is 0 Å². The number of aromatic amines is 1. The summed E-state index contributed by atoms with van der Waals surface area (Å²) < 4.78 is 0. The van der Waals surface area contributed by atoms with Crippen molar-refractivity contribution in [3.63, 3.8) is 0 Å². The third-order valence-electron chi connectivity index (χ3n) is 2.14. The zero-order valence-corrected chi connectivity index (χ0v) is 11.2. The Kier molecular flexibility index (Phi) is 4.95. The van der Waals surface area contributed by atoms with E-state index in [1.807, 2.05) is 6.92 Å². The number of H-pyrrole nitrogens is 1. The van der Waals surface area contributed by atoms with Crippen molar-refractivity contribution in [3.05, 3.63) is 5.82 Å². The number of rotatable bonds is 5. The molecule has 0 aromatic carbocycles. The molecule has 1 atom stereocenters. The van der Waals surface area contributed by atoms with Crippen LogP contribution in [0.5, 0.6) is 0 Å². The van der Waals surface area contributed by atoms with Gasteiger partial charge in [-0.2, -0.15) is 0 Å². The van der Waals surface area contributed by atoms with E-state index >= 15 is 0 Å². The third kappa shape index (κ3) is 3.61. The number of aryl methyl sites for hydroxylation is 1. The molecule has 0 saturated carbocycles. The van der Waals surface area contributed by atoms with Crippen molar-refractivity contribution < 1.29 is 0 Å². The number of alkyl halides is 1. The Morgan fingerprint density at radius 3 is 2.64 bits per heavy atom. The standard InChI is InChI=1S/C9H16BrN3S/c1-6(2)8(4-10)5-14-9-11-7(3)12-13-9/h6,8H,4-5H2,1-3H3,(H,11,12,13). The predicted octanol–water partition coefficient (Wildman–Crippen LogP) is 2.87. The van der Waals surface area contributed by atoms with Crippen LogP contribution < -0.4 is 0 Å². The molecule has 5 heteroatoms. The lowest BCUT2D eigenvalue weighted by Crippen LogP contribution is -2.13. The molecule has 0 fully saturated rings. The number of thioether (sulfide) groups is 1. The molecule has 3 nitrogen and oxygen atoms in total. The van der Waals surface area contributed by atoms with E-state index in [1.54, 1.807) is 11.8 Å². The van der Waals surface area contributed by atoms with Gasteiger partial charge in [0.15, 0.2) is 0 Å². The van der Waals surface area contributed by atoms with Crippen molar-refractivity contribution in [3.8, 4) is 0 Å². The second-order valence-electron chi connectivity index (χ2n) is 3.67. The molecule has 0 radical (unpaired) electrons. The molecule has 0 amide bonds. The largest absolute Gasteiger partial charge is 0.262 e. The maximum atomic E-state index is 4.26. The molecular formula is C9H16BrN3S. The normalized spacial score (nSPS) is 13.5. The van der Waals surface area contributed by atoms with Gasteiger partial charge < -0.3 is 0 Å². The van der Waals surface area contributed by atoms with Gasteiger partial charge in [0.1, 0.15) is 5.82 Å². The molecule has 0 saturated heterocycles. The molecule has 1 unspecified atom stereocenters. The number of aromatic nitrogens is 3. The van der Waals surface area contributed by atoms with Crippen LogP contribution in [0.2, 0.25) is 0 Å². The number of nitrogens with one attached hydrogen (secondary N) is 1. The molecule has 0 aliphatic rings. The maximum Gasteiger partial charge on any atom is 0.208 e. The summed E-state index contributed by atoms with van der Waals surface area (Å²) in [5.41, 5.74) is 0. The minimum Gasteiger partial charge on any atom is -0.262 e. The molecule has 0 bridgehead atoms. The lowest BCUT2D eigenvalue weighted by Gasteiger charge is -2.16. The smallest absolute Gasteiger partial charge is 0.208 e. The van der Waals surface area contributed by atoms with Crippen LogP contribution in [0.25, 0.3) is 0 Å². The van der Waals surface area contributed by atoms with Gasteiger partial charge in [0.2, 0.25) is 5.16 Å². The average Bonchev–Trinajstić information content (AvgIpc) is 2.52. The van der Waals surface area contributed by atoms with Crippen LogP contribution in [0, 0.1) is 18.8 Å². The van der Waals surface area contributed by atoms with Gasteiger partial charge in [0.05, 0.1) is 0 Å². The van der Waals surface area contributed by atoms with E-state index in [4.69, 9.17) is 0 Å². The van der Waals surface area contributed by atoms with Gasteiger partial charge in [0, 0.05) is 11.1 Å². The van der Waals surface area contributed by atoms with E-state index in [0.717, 1.165) is 22.1 Å². The molecule has 0 aliphatic carbocycles. The van der Waals surface area contributed by atoms with Gasteiger partial charge in [-0.3, -0.25) is 5.10 Å². The Bertz CT molecular complexity index is 275. The first kappa shape index (κ1) is 12.0. The van der Waals surface area contributed by atoms with E-state index in [0.29, 0.717) is 11.8 Å². The third-order valence-corrected chi connectivity index (χ3v) is 4.01. The summed E-state index contributed by atoms with van der Waals surface area (Å²) in [6, 6.07) is 0. The predicted molar refractivity (Wildman–Crippen MR) is 64.0 cm³/mol. The van der Waals surface area contributed by atoms with Crippen molar-refractivity contribution in [2.75, 3.05) is 11.1 Å². The fourth-order valence-corrected chi connectivity index (χ4v) is 3.44. The van der Waals surface area contributed by atoms with Gasteiger partial charge in [-0.1, -0.05) is 41.5 Å². The highest BCUT2D eigenvalue weighted by molar-refractivity contribution is 9.09. The quantitative estimate of drug-likeness (QED) is 0.665. The van der Waals surface area contributed by atoms with Gasteiger partial charge in [0.25, 0.3) is 0 Å². The van der Waals surface area contributed by atoms with Crippen LogP contribution in [-0.4, -0.2) is 26.3 Å². The minimum atomic E-state index is 0.679. The topological polar surface area (TPSA) is 41.6 Å². The summed E-state index contributed by atoms with van der Waals surface area (Å²) >= 11 is 5.25. The fraction of sp³-hybridized carbons (Fsp3) is 0.778. The van der Waals surface area contributed by atoms with Crippen LogP contribution in [-0.2, 0) is 0 Å². The highest BCUT2D eigenvalue weighted by Gasteiger charge is 2.13. The SMILES string of the molecule is Cc1nc(SCC(CBr)C(C)C)n[nH]1. The molecule has 0 aliphatic heterocycles. The first-order valence-electron chi connectivity index (χ1n) is 4.71. The molecule has 14 heavy (non-hydrogen) atoms. The number of hydrogen-bond donors (Lipinski definition) is 1. The molecule has 0 spiro atoms. The van der Waals surface area contributed by atoms with Gasteiger partial charge >= 0.3 is 0 Å². The number of hydrogen-bond acceptors (Lipinski definition) is 3. The van der Waals surface area contributed by atoms with Crippen LogP contribution >= 0.6 is 27.7 Å². The molecular weight excluding hydrogens is 262 g/mol. The lowest BCUT2D eigenvalue weighted by molar-refractivity contribution is 0.474. The summed E-state index contributed by atoms with van der Waals surface area (Å²) in [5.74, 6) is 3.33. The van der Waals surface area contributed by atoms with Crippen molar-refractivity contribution in [2.45, 2.75) is 25.9 Å². The van der Waals surface area contributed by atoms with Crippen molar-refractivity contribution in [1.29, 1.82) is 0 Å². The van der Waals surface area contributed by atoms with Crippen molar-refractivity contribution >= 4 is 27.7 Å². The van der Waals surface area contributed by atoms with Crippen LogP contribution in [0.15, 0.2) is 5.16 Å². The summed E-state index contributed by atoms with van der Waals surface area (Å²) in [4.78, 5) is 4.26. The molecule has 1 aromatic rings. The zero-order valence-electron chi connectivity index (χ0n) is 8.75. The Balaban J connectivity index is 2.39. The van der Waals surface area contributed by atoms with Gasteiger partial charge in [-0.25, -0.2) is 4.98 Å². The maximum absolute atomic E-state index is 4.26. The summed E-state index contributed by atoms with van der Waals surface area (Å²) in [6.45, 7) is 6.41. The minimum absolute atomic E-state index is 0.679. The number of nitrogens with zero attached hydrogens (tertiary/aromatic N) is 2. The average molecular weight is 278 g/mol. The van der Waals surface area contributed by atoms with Crippen LogP contribution in [0.3, 0.4) is 0 Å². The fourth-order valence-electron chi connectivity index (χ4n) is 0.983. The highest BCUT2D eigenvalue weighted by Crippen LogP contribution is 2.22. The lowest BCUT2D eigenvalue weighted by atomic mass is 10.0. The molecule has 1 aromatic heterocycles. The Labute approximate surface area is 97.6 Å². The Morgan fingerprint density at radius 1 is 1.50 bits per heavy atom. The summed E-state index contributed by atoms with van der Waals surface area (Å²) in [7, 11) is 0. The monoisotopic (exact) mass is 277 g/mol. The van der Waals surface area contributed by atoms with E-state index in [2.05, 4.69) is 45.0 Å². The number of halogens is 1. The summed E-state index contributed by atoms with van der Waals surface area (Å²) in [5, 5.41) is 8.84.